The molecule has 1 aromatic carbocycles. The Hall–Kier alpha value is -1.15. The fourth-order valence-corrected chi connectivity index (χ4v) is 3.24. The molecule has 0 spiro atoms. The Bertz CT molecular complexity index is 565. The van der Waals surface area contributed by atoms with Gasteiger partial charge in [0.2, 0.25) is 0 Å². The third kappa shape index (κ3) is 7.73. The Labute approximate surface area is 159 Å². The van der Waals surface area contributed by atoms with E-state index < -0.39 is 0 Å². The van der Waals surface area contributed by atoms with Crippen LogP contribution in [-0.2, 0) is 12.8 Å². The molecular weight excluding hydrogens is 328 g/mol. The second-order valence-electron chi connectivity index (χ2n) is 7.28. The van der Waals surface area contributed by atoms with Gasteiger partial charge in [0.1, 0.15) is 0 Å². The fourth-order valence-electron chi connectivity index (χ4n) is 3.04. The van der Waals surface area contributed by atoms with Crippen molar-refractivity contribution in [1.82, 2.24) is 0 Å². The SMILES string of the molecule is CCCC(=N)C(C)CCc1c[c]c(Cl)c(CCC(C)C(=N)CCC)c1. The lowest BCUT2D eigenvalue weighted by Gasteiger charge is -2.15. The molecule has 0 saturated carbocycles. The highest BCUT2D eigenvalue weighted by molar-refractivity contribution is 6.31. The van der Waals surface area contributed by atoms with E-state index in [9.17, 15) is 0 Å². The van der Waals surface area contributed by atoms with E-state index in [1.165, 1.54) is 5.56 Å². The molecule has 0 fully saturated rings. The van der Waals surface area contributed by atoms with Crippen molar-refractivity contribution in [2.24, 2.45) is 11.8 Å². The highest BCUT2D eigenvalue weighted by Gasteiger charge is 2.12. The summed E-state index contributed by atoms with van der Waals surface area (Å²) in [5.74, 6) is 0.655. The minimum Gasteiger partial charge on any atom is -0.309 e. The van der Waals surface area contributed by atoms with Gasteiger partial charge >= 0.3 is 0 Å². The zero-order valence-electron chi connectivity index (χ0n) is 16.3. The van der Waals surface area contributed by atoms with Crippen molar-refractivity contribution in [2.75, 3.05) is 0 Å². The largest absolute Gasteiger partial charge is 0.309 e. The number of hydrogen-bond donors (Lipinski definition) is 2. The molecule has 1 rings (SSSR count). The number of halogens is 1. The molecule has 1 radical (unpaired) electrons. The first-order chi connectivity index (χ1) is 11.9. The van der Waals surface area contributed by atoms with Crippen LogP contribution in [0.4, 0.5) is 0 Å². The molecule has 0 aliphatic rings. The van der Waals surface area contributed by atoms with Gasteiger partial charge < -0.3 is 10.8 Å². The highest BCUT2D eigenvalue weighted by atomic mass is 35.5. The first-order valence-electron chi connectivity index (χ1n) is 9.72. The maximum atomic E-state index is 8.08. The maximum absolute atomic E-state index is 8.08. The summed E-state index contributed by atoms with van der Waals surface area (Å²) in [6, 6.07) is 7.37. The summed E-state index contributed by atoms with van der Waals surface area (Å²) >= 11 is 6.33. The number of hydrogen-bond acceptors (Lipinski definition) is 2. The van der Waals surface area contributed by atoms with E-state index in [2.05, 4.69) is 39.8 Å². The smallest absolute Gasteiger partial charge is 0.0517 e. The summed E-state index contributed by atoms with van der Waals surface area (Å²) in [7, 11) is 0. The molecule has 3 heteroatoms. The first kappa shape index (κ1) is 21.9. The van der Waals surface area contributed by atoms with Gasteiger partial charge in [-0.05, 0) is 67.6 Å². The molecule has 2 unspecified atom stereocenters. The summed E-state index contributed by atoms with van der Waals surface area (Å²) in [6.07, 6.45) is 7.72. The van der Waals surface area contributed by atoms with Crippen molar-refractivity contribution in [3.8, 4) is 0 Å². The molecule has 2 nitrogen and oxygen atoms in total. The normalized spacial score (nSPS) is 13.5. The molecule has 2 N–H and O–H groups in total. The van der Waals surface area contributed by atoms with Gasteiger partial charge in [0, 0.05) is 17.5 Å². The Balaban J connectivity index is 2.61. The van der Waals surface area contributed by atoms with Gasteiger partial charge in [0.15, 0.2) is 0 Å². The van der Waals surface area contributed by atoms with E-state index >= 15 is 0 Å². The van der Waals surface area contributed by atoms with Crippen LogP contribution in [0.5, 0.6) is 0 Å². The molecule has 0 aliphatic heterocycles. The van der Waals surface area contributed by atoms with E-state index in [-0.39, 0.29) is 0 Å². The predicted molar refractivity (Wildman–Crippen MR) is 111 cm³/mol. The quantitative estimate of drug-likeness (QED) is 0.379. The van der Waals surface area contributed by atoms with Gasteiger partial charge in [-0.25, -0.2) is 0 Å². The van der Waals surface area contributed by atoms with Crippen LogP contribution in [0, 0.1) is 28.7 Å². The molecule has 0 aliphatic carbocycles. The second kappa shape index (κ2) is 11.5. The van der Waals surface area contributed by atoms with Crippen molar-refractivity contribution < 1.29 is 0 Å². The van der Waals surface area contributed by atoms with E-state index in [0.717, 1.165) is 68.4 Å². The standard InChI is InChI=1S/C22H34ClN2/c1-5-7-21(24)16(3)9-11-18-12-14-20(23)19(15-18)13-10-17(4)22(25)8-6-2/h12,15-17,24-25H,5-11,13H2,1-4H3. The van der Waals surface area contributed by atoms with Crippen LogP contribution in [0.25, 0.3) is 0 Å². The topological polar surface area (TPSA) is 47.7 Å². The lowest BCUT2D eigenvalue weighted by molar-refractivity contribution is 0.655. The molecule has 0 amide bonds. The average Bonchev–Trinajstić information content (AvgIpc) is 2.59. The molecular formula is C22H34ClN2. The zero-order chi connectivity index (χ0) is 18.8. The van der Waals surface area contributed by atoms with Crippen molar-refractivity contribution in [1.29, 1.82) is 10.8 Å². The van der Waals surface area contributed by atoms with Crippen molar-refractivity contribution in [2.45, 2.75) is 79.1 Å². The van der Waals surface area contributed by atoms with Gasteiger partial charge in [0.05, 0.1) is 5.02 Å². The fraction of sp³-hybridized carbons (Fsp3) is 0.636. The zero-order valence-corrected chi connectivity index (χ0v) is 17.1. The third-order valence-electron chi connectivity index (χ3n) is 4.97. The molecule has 0 aromatic heterocycles. The van der Waals surface area contributed by atoms with Crippen LogP contribution in [0.1, 0.15) is 77.3 Å². The molecule has 0 saturated heterocycles. The lowest BCUT2D eigenvalue weighted by Crippen LogP contribution is -2.11. The van der Waals surface area contributed by atoms with Crippen molar-refractivity contribution >= 4 is 23.0 Å². The average molecular weight is 362 g/mol. The van der Waals surface area contributed by atoms with Gasteiger partial charge in [-0.2, -0.15) is 0 Å². The summed E-state index contributed by atoms with van der Waals surface area (Å²) in [4.78, 5) is 0. The Morgan fingerprint density at radius 1 is 1.00 bits per heavy atom. The molecule has 2 atom stereocenters. The molecule has 1 aromatic rings. The van der Waals surface area contributed by atoms with Crippen LogP contribution in [-0.4, -0.2) is 11.4 Å². The van der Waals surface area contributed by atoms with E-state index in [1.54, 1.807) is 0 Å². The Morgan fingerprint density at radius 3 is 2.04 bits per heavy atom. The number of nitrogens with one attached hydrogen (secondary N) is 2. The Kier molecular flexibility index (Phi) is 10.0. The molecule has 139 valence electrons. The summed E-state index contributed by atoms with van der Waals surface area (Å²) in [5.41, 5.74) is 4.12. The number of aryl methyl sites for hydroxylation is 2. The minimum absolute atomic E-state index is 0.314. The Morgan fingerprint density at radius 2 is 1.52 bits per heavy atom. The van der Waals surface area contributed by atoms with Crippen molar-refractivity contribution in [3.05, 3.63) is 34.3 Å². The monoisotopic (exact) mass is 361 g/mol. The highest BCUT2D eigenvalue weighted by Crippen LogP contribution is 2.23. The van der Waals surface area contributed by atoms with Crippen LogP contribution >= 0.6 is 11.6 Å². The van der Waals surface area contributed by atoms with Crippen LogP contribution < -0.4 is 0 Å². The minimum atomic E-state index is 0.314. The second-order valence-corrected chi connectivity index (χ2v) is 7.66. The van der Waals surface area contributed by atoms with Gasteiger partial charge in [-0.1, -0.05) is 58.2 Å². The molecule has 25 heavy (non-hydrogen) atoms. The number of rotatable bonds is 12. The lowest BCUT2D eigenvalue weighted by atomic mass is 9.92. The summed E-state index contributed by atoms with van der Waals surface area (Å²) in [5, 5.41) is 16.9. The number of benzene rings is 1. The predicted octanol–water partition coefficient (Wildman–Crippen LogP) is 6.92. The van der Waals surface area contributed by atoms with Crippen LogP contribution in [0.3, 0.4) is 0 Å². The van der Waals surface area contributed by atoms with E-state index in [0.29, 0.717) is 16.9 Å². The summed E-state index contributed by atoms with van der Waals surface area (Å²) in [6.45, 7) is 8.54. The molecule has 0 bridgehead atoms. The maximum Gasteiger partial charge on any atom is 0.0517 e. The summed E-state index contributed by atoms with van der Waals surface area (Å²) < 4.78 is 0. The first-order valence-corrected chi connectivity index (χ1v) is 10.1. The van der Waals surface area contributed by atoms with E-state index in [4.69, 9.17) is 22.4 Å². The van der Waals surface area contributed by atoms with Crippen LogP contribution in [0.15, 0.2) is 12.1 Å². The van der Waals surface area contributed by atoms with Gasteiger partial charge in [0.25, 0.3) is 0 Å². The van der Waals surface area contributed by atoms with Gasteiger partial charge in [-0.15, -0.1) is 0 Å². The molecule has 0 heterocycles. The van der Waals surface area contributed by atoms with Crippen molar-refractivity contribution in [3.63, 3.8) is 0 Å². The van der Waals surface area contributed by atoms with Crippen LogP contribution in [0.2, 0.25) is 5.02 Å². The third-order valence-corrected chi connectivity index (χ3v) is 5.32. The van der Waals surface area contributed by atoms with Gasteiger partial charge in [-0.3, -0.25) is 0 Å². The van der Waals surface area contributed by atoms with E-state index in [1.807, 2.05) is 6.07 Å².